The van der Waals surface area contributed by atoms with Gasteiger partial charge in [0.1, 0.15) is 11.5 Å². The van der Waals surface area contributed by atoms with Crippen LogP contribution in [0.4, 0.5) is 0 Å². The molecule has 0 saturated carbocycles. The molecule has 0 atom stereocenters. The predicted molar refractivity (Wildman–Crippen MR) is 89.0 cm³/mol. The Bertz CT molecular complexity index is 813. The van der Waals surface area contributed by atoms with Gasteiger partial charge < -0.3 is 13.8 Å². The fraction of sp³-hybridized carbons (Fsp3) is 0.389. The van der Waals surface area contributed by atoms with Crippen molar-refractivity contribution < 1.29 is 13.8 Å². The number of nitrogens with zero attached hydrogens (tertiary/aromatic N) is 3. The summed E-state index contributed by atoms with van der Waals surface area (Å²) >= 11 is 0. The van der Waals surface area contributed by atoms with Gasteiger partial charge in [0.25, 0.3) is 0 Å². The molecule has 0 fully saturated rings. The second-order valence-corrected chi connectivity index (χ2v) is 5.96. The minimum atomic E-state index is 0.559. The van der Waals surface area contributed by atoms with Crippen LogP contribution in [0.2, 0.25) is 0 Å². The maximum atomic E-state index is 5.97. The first-order valence-electron chi connectivity index (χ1n) is 8.00. The van der Waals surface area contributed by atoms with E-state index in [1.54, 1.807) is 6.92 Å². The smallest absolute Gasteiger partial charge is 0.223 e. The first-order chi connectivity index (χ1) is 11.5. The molecule has 0 aliphatic rings. The lowest BCUT2D eigenvalue weighted by atomic mass is 10.1. The summed E-state index contributed by atoms with van der Waals surface area (Å²) in [5, 5.41) is 7.96. The maximum absolute atomic E-state index is 5.97. The van der Waals surface area contributed by atoms with Crippen LogP contribution in [0.5, 0.6) is 5.75 Å². The van der Waals surface area contributed by atoms with Crippen molar-refractivity contribution in [2.24, 2.45) is 0 Å². The van der Waals surface area contributed by atoms with E-state index >= 15 is 0 Å². The van der Waals surface area contributed by atoms with Gasteiger partial charge in [-0.3, -0.25) is 0 Å². The van der Waals surface area contributed by atoms with Crippen molar-refractivity contribution in [2.75, 3.05) is 6.61 Å². The van der Waals surface area contributed by atoms with Crippen LogP contribution in [-0.4, -0.2) is 21.9 Å². The Labute approximate surface area is 140 Å². The van der Waals surface area contributed by atoms with E-state index in [0.717, 1.165) is 46.7 Å². The number of hydrogen-bond donors (Lipinski definition) is 0. The lowest BCUT2D eigenvalue weighted by Gasteiger charge is -2.13. The van der Waals surface area contributed by atoms with Gasteiger partial charge in [0.05, 0.1) is 12.3 Å². The Morgan fingerprint density at radius 3 is 2.29 bits per heavy atom. The zero-order chi connectivity index (χ0) is 17.1. The summed E-state index contributed by atoms with van der Waals surface area (Å²) in [6, 6.07) is 6.00. The fourth-order valence-electron chi connectivity index (χ4n) is 2.69. The maximum Gasteiger partial charge on any atom is 0.223 e. The van der Waals surface area contributed by atoms with Crippen molar-refractivity contribution in [1.82, 2.24) is 15.3 Å². The van der Waals surface area contributed by atoms with E-state index < -0.39 is 0 Å². The molecule has 0 saturated heterocycles. The molecule has 0 radical (unpaired) electrons. The van der Waals surface area contributed by atoms with E-state index in [4.69, 9.17) is 13.8 Å². The minimum Gasteiger partial charge on any atom is -0.493 e. The van der Waals surface area contributed by atoms with Crippen molar-refractivity contribution in [3.63, 3.8) is 0 Å². The van der Waals surface area contributed by atoms with Crippen LogP contribution >= 0.6 is 0 Å². The Morgan fingerprint density at radius 1 is 0.958 bits per heavy atom. The molecule has 3 aromatic rings. The van der Waals surface area contributed by atoms with Crippen molar-refractivity contribution >= 4 is 0 Å². The van der Waals surface area contributed by atoms with E-state index in [9.17, 15) is 0 Å². The third-order valence-corrected chi connectivity index (χ3v) is 3.75. The molecular weight excluding hydrogens is 306 g/mol. The second kappa shape index (κ2) is 6.86. The third kappa shape index (κ3) is 3.64. The highest BCUT2D eigenvalue weighted by Gasteiger charge is 2.12. The van der Waals surface area contributed by atoms with Gasteiger partial charge in [-0.2, -0.15) is 4.98 Å². The number of benzene rings is 1. The van der Waals surface area contributed by atoms with Crippen LogP contribution in [0, 0.1) is 27.7 Å². The molecule has 3 rings (SSSR count). The zero-order valence-electron chi connectivity index (χ0n) is 14.4. The summed E-state index contributed by atoms with van der Waals surface area (Å²) in [5.74, 6) is 2.91. The molecule has 1 aromatic carbocycles. The number of aromatic nitrogens is 3. The van der Waals surface area contributed by atoms with E-state index in [0.29, 0.717) is 18.3 Å². The lowest BCUT2D eigenvalue weighted by molar-refractivity contribution is 0.304. The van der Waals surface area contributed by atoms with Gasteiger partial charge in [0, 0.05) is 18.6 Å². The molecule has 6 nitrogen and oxygen atoms in total. The van der Waals surface area contributed by atoms with Gasteiger partial charge in [0.15, 0.2) is 0 Å². The molecule has 0 spiro atoms. The largest absolute Gasteiger partial charge is 0.493 e. The first-order valence-corrected chi connectivity index (χ1v) is 8.00. The molecule has 0 aliphatic carbocycles. The number of aryl methyl sites for hydroxylation is 5. The first kappa shape index (κ1) is 16.2. The molecule has 0 bridgehead atoms. The number of hydrogen-bond acceptors (Lipinski definition) is 6. The van der Waals surface area contributed by atoms with Crippen LogP contribution < -0.4 is 4.74 Å². The summed E-state index contributed by atoms with van der Waals surface area (Å²) in [4.78, 5) is 4.27. The Hall–Kier alpha value is -2.63. The molecule has 0 aliphatic heterocycles. The quantitative estimate of drug-likeness (QED) is 0.638. The van der Waals surface area contributed by atoms with Gasteiger partial charge in [0.2, 0.25) is 11.7 Å². The minimum absolute atomic E-state index is 0.559. The standard InChI is InChI=1S/C18H21N3O3/c1-11-8-15(18-19-14(4)24-21-18)9-12(2)17(11)22-7-5-6-16-10-13(3)23-20-16/h8-10H,5-7H2,1-4H3. The average Bonchev–Trinajstić information content (AvgIpc) is 3.14. The van der Waals surface area contributed by atoms with Crippen LogP contribution in [0.3, 0.4) is 0 Å². The molecule has 24 heavy (non-hydrogen) atoms. The summed E-state index contributed by atoms with van der Waals surface area (Å²) in [6.45, 7) is 8.37. The fourth-order valence-corrected chi connectivity index (χ4v) is 2.69. The van der Waals surface area contributed by atoms with E-state index in [1.807, 2.05) is 39.0 Å². The summed E-state index contributed by atoms with van der Waals surface area (Å²) < 4.78 is 16.1. The highest BCUT2D eigenvalue weighted by atomic mass is 16.5. The molecule has 0 unspecified atom stereocenters. The summed E-state index contributed by atoms with van der Waals surface area (Å²) in [6.07, 6.45) is 1.73. The molecule has 0 amide bonds. The van der Waals surface area contributed by atoms with E-state index in [-0.39, 0.29) is 0 Å². The molecule has 126 valence electrons. The topological polar surface area (TPSA) is 74.2 Å². The van der Waals surface area contributed by atoms with Gasteiger partial charge in [-0.15, -0.1) is 0 Å². The van der Waals surface area contributed by atoms with Crippen LogP contribution in [-0.2, 0) is 6.42 Å². The monoisotopic (exact) mass is 327 g/mol. The van der Waals surface area contributed by atoms with Gasteiger partial charge in [-0.05, 0) is 56.9 Å². The van der Waals surface area contributed by atoms with E-state index in [1.165, 1.54) is 0 Å². The second-order valence-electron chi connectivity index (χ2n) is 5.96. The van der Waals surface area contributed by atoms with Gasteiger partial charge in [-0.25, -0.2) is 0 Å². The van der Waals surface area contributed by atoms with Crippen LogP contribution in [0.1, 0.15) is 34.9 Å². The van der Waals surface area contributed by atoms with E-state index in [2.05, 4.69) is 15.3 Å². The van der Waals surface area contributed by atoms with Crippen molar-refractivity contribution in [2.45, 2.75) is 40.5 Å². The SMILES string of the molecule is Cc1cc(CCCOc2c(C)cc(-c3noc(C)n3)cc2C)no1. The van der Waals surface area contributed by atoms with Crippen molar-refractivity contribution in [1.29, 1.82) is 0 Å². The summed E-state index contributed by atoms with van der Waals surface area (Å²) in [7, 11) is 0. The van der Waals surface area contributed by atoms with Gasteiger partial charge >= 0.3 is 0 Å². The Balaban J connectivity index is 1.63. The molecule has 6 heteroatoms. The van der Waals surface area contributed by atoms with Crippen LogP contribution in [0.15, 0.2) is 27.2 Å². The highest BCUT2D eigenvalue weighted by molar-refractivity contribution is 5.60. The molecule has 2 heterocycles. The third-order valence-electron chi connectivity index (χ3n) is 3.75. The zero-order valence-corrected chi connectivity index (χ0v) is 14.4. The number of rotatable bonds is 6. The average molecular weight is 327 g/mol. The van der Waals surface area contributed by atoms with Crippen molar-refractivity contribution in [3.05, 3.63) is 46.7 Å². The van der Waals surface area contributed by atoms with Crippen LogP contribution in [0.25, 0.3) is 11.4 Å². The summed E-state index contributed by atoms with van der Waals surface area (Å²) in [5.41, 5.74) is 4.02. The Morgan fingerprint density at radius 2 is 1.71 bits per heavy atom. The predicted octanol–water partition coefficient (Wildman–Crippen LogP) is 3.97. The molecule has 2 aromatic heterocycles. The molecule has 0 N–H and O–H groups in total. The van der Waals surface area contributed by atoms with Gasteiger partial charge in [-0.1, -0.05) is 10.3 Å². The highest BCUT2D eigenvalue weighted by Crippen LogP contribution is 2.29. The molecular formula is C18H21N3O3. The number of ether oxygens (including phenoxy) is 1. The van der Waals surface area contributed by atoms with Crippen molar-refractivity contribution in [3.8, 4) is 17.1 Å². The lowest BCUT2D eigenvalue weighted by Crippen LogP contribution is -2.03. The Kier molecular flexibility index (Phi) is 4.64. The normalized spacial score (nSPS) is 11.0.